The number of nitrogens with zero attached hydrogens (tertiary/aromatic N) is 3. The van der Waals surface area contributed by atoms with Crippen LogP contribution in [0.5, 0.6) is 0 Å². The molecule has 1 atom stereocenters. The lowest BCUT2D eigenvalue weighted by atomic mass is 10.1. The van der Waals surface area contributed by atoms with E-state index < -0.39 is 5.92 Å². The van der Waals surface area contributed by atoms with E-state index >= 15 is 0 Å². The third-order valence-corrected chi connectivity index (χ3v) is 6.82. The summed E-state index contributed by atoms with van der Waals surface area (Å²) in [5.41, 5.74) is 3.17. The molecule has 1 aliphatic heterocycles. The Balaban J connectivity index is 1.43. The zero-order chi connectivity index (χ0) is 18.5. The number of hydrogen-bond donors (Lipinski definition) is 1. The highest BCUT2D eigenvalue weighted by atomic mass is 32.1. The molecule has 0 unspecified atom stereocenters. The molecule has 2 amide bonds. The minimum atomic E-state index is -0.431. The van der Waals surface area contributed by atoms with E-state index in [4.69, 9.17) is 0 Å². The van der Waals surface area contributed by atoms with E-state index in [9.17, 15) is 14.4 Å². The molecule has 1 saturated heterocycles. The molecule has 3 aromatic rings. The average Bonchev–Trinajstić information content (AvgIpc) is 3.07. The van der Waals surface area contributed by atoms with Gasteiger partial charge in [0.25, 0.3) is 5.56 Å². The van der Waals surface area contributed by atoms with Crippen LogP contribution in [0, 0.1) is 5.92 Å². The number of amides is 2. The molecule has 0 spiro atoms. The van der Waals surface area contributed by atoms with Crippen molar-refractivity contribution in [3.05, 3.63) is 39.6 Å². The molecule has 2 fully saturated rings. The fourth-order valence-corrected chi connectivity index (χ4v) is 5.20. The van der Waals surface area contributed by atoms with Crippen LogP contribution >= 0.6 is 22.7 Å². The fourth-order valence-electron chi connectivity index (χ4n) is 3.48. The monoisotopic (exact) mass is 400 g/mol. The van der Waals surface area contributed by atoms with Crippen molar-refractivity contribution >= 4 is 44.7 Å². The first-order valence-corrected chi connectivity index (χ1v) is 10.5. The molecule has 138 valence electrons. The maximum Gasteiger partial charge on any atom is 0.281 e. The SMILES string of the molecule is O=C(Nn1cnc2scc(-c3cccs3)c2c1=O)[C@H]1CC(=O)N(C2CC2)C1. The third kappa shape index (κ3) is 2.87. The van der Waals surface area contributed by atoms with Crippen molar-refractivity contribution in [3.8, 4) is 10.4 Å². The maximum absolute atomic E-state index is 12.9. The van der Waals surface area contributed by atoms with Crippen molar-refractivity contribution in [1.82, 2.24) is 14.6 Å². The highest BCUT2D eigenvalue weighted by Crippen LogP contribution is 2.34. The van der Waals surface area contributed by atoms with Crippen LogP contribution in [-0.4, -0.2) is 39.0 Å². The Hall–Kier alpha value is -2.52. The fraction of sp³-hybridized carbons (Fsp3) is 0.333. The zero-order valence-corrected chi connectivity index (χ0v) is 15.9. The van der Waals surface area contributed by atoms with Crippen molar-refractivity contribution in [2.24, 2.45) is 5.92 Å². The zero-order valence-electron chi connectivity index (χ0n) is 14.3. The molecule has 9 heteroatoms. The van der Waals surface area contributed by atoms with Crippen LogP contribution in [0.4, 0.5) is 0 Å². The second kappa shape index (κ2) is 6.28. The van der Waals surface area contributed by atoms with Gasteiger partial charge in [0, 0.05) is 34.8 Å². The highest BCUT2D eigenvalue weighted by molar-refractivity contribution is 7.18. The molecule has 0 bridgehead atoms. The van der Waals surface area contributed by atoms with Gasteiger partial charge < -0.3 is 4.90 Å². The van der Waals surface area contributed by atoms with E-state index in [1.807, 2.05) is 22.9 Å². The molecule has 4 heterocycles. The third-order valence-electron chi connectivity index (χ3n) is 5.03. The highest BCUT2D eigenvalue weighted by Gasteiger charge is 2.41. The molecule has 1 saturated carbocycles. The summed E-state index contributed by atoms with van der Waals surface area (Å²) < 4.78 is 1.14. The van der Waals surface area contributed by atoms with E-state index in [2.05, 4.69) is 10.4 Å². The Morgan fingerprint density at radius 2 is 2.11 bits per heavy atom. The number of nitrogens with one attached hydrogen (secondary N) is 1. The first-order chi connectivity index (χ1) is 13.1. The van der Waals surface area contributed by atoms with Gasteiger partial charge in [0.1, 0.15) is 11.2 Å². The first kappa shape index (κ1) is 16.6. The molecular formula is C18H16N4O3S2. The van der Waals surface area contributed by atoms with Gasteiger partial charge in [-0.15, -0.1) is 22.7 Å². The van der Waals surface area contributed by atoms with Gasteiger partial charge in [0.05, 0.1) is 11.3 Å². The number of hydrogen-bond acceptors (Lipinski definition) is 6. The second-order valence-electron chi connectivity index (χ2n) is 6.88. The lowest BCUT2D eigenvalue weighted by molar-refractivity contribution is -0.128. The summed E-state index contributed by atoms with van der Waals surface area (Å²) in [6.45, 7) is 0.429. The Kier molecular flexibility index (Phi) is 3.87. The van der Waals surface area contributed by atoms with Gasteiger partial charge in [0.2, 0.25) is 11.8 Å². The first-order valence-electron chi connectivity index (χ1n) is 8.75. The molecule has 0 radical (unpaired) electrons. The van der Waals surface area contributed by atoms with Crippen molar-refractivity contribution in [2.45, 2.75) is 25.3 Å². The summed E-state index contributed by atoms with van der Waals surface area (Å²) in [4.78, 5) is 45.4. The number of carbonyl (C=O) groups is 2. The number of aromatic nitrogens is 2. The molecule has 3 aromatic heterocycles. The summed E-state index contributed by atoms with van der Waals surface area (Å²) in [6, 6.07) is 4.19. The predicted molar refractivity (Wildman–Crippen MR) is 104 cm³/mol. The topological polar surface area (TPSA) is 84.3 Å². The van der Waals surface area contributed by atoms with Gasteiger partial charge in [-0.1, -0.05) is 6.07 Å². The Bertz CT molecular complexity index is 1100. The normalized spacial score (nSPS) is 19.8. The minimum absolute atomic E-state index is 0.0244. The Morgan fingerprint density at radius 1 is 1.26 bits per heavy atom. The quantitative estimate of drug-likeness (QED) is 0.728. The van der Waals surface area contributed by atoms with Crippen LogP contribution in [0.1, 0.15) is 19.3 Å². The Labute approximate surface area is 162 Å². The number of fused-ring (bicyclic) bond motifs is 1. The number of thiophene rings is 2. The van der Waals surface area contributed by atoms with E-state index in [0.717, 1.165) is 28.0 Å². The van der Waals surface area contributed by atoms with Crippen LogP contribution in [0.3, 0.4) is 0 Å². The number of likely N-dealkylation sites (tertiary alicyclic amines) is 1. The average molecular weight is 400 g/mol. The standard InChI is InChI=1S/C18H16N4O3S2/c23-14-6-10(7-21(14)11-3-4-11)16(24)20-22-9-19-17-15(18(22)25)12(8-27-17)13-2-1-5-26-13/h1-2,5,8-11H,3-4,6-7H2,(H,20,24)/t10-/m0/s1. The van der Waals surface area contributed by atoms with Crippen molar-refractivity contribution in [1.29, 1.82) is 0 Å². The van der Waals surface area contributed by atoms with E-state index in [1.165, 1.54) is 17.7 Å². The number of carbonyl (C=O) groups excluding carboxylic acids is 2. The van der Waals surface area contributed by atoms with Crippen LogP contribution in [-0.2, 0) is 9.59 Å². The summed E-state index contributed by atoms with van der Waals surface area (Å²) in [6.07, 6.45) is 3.58. The lowest BCUT2D eigenvalue weighted by Crippen LogP contribution is -2.37. The second-order valence-corrected chi connectivity index (χ2v) is 8.69. The summed E-state index contributed by atoms with van der Waals surface area (Å²) in [5.74, 6) is -0.723. The molecule has 1 aliphatic carbocycles. The van der Waals surface area contributed by atoms with Gasteiger partial charge in [-0.3, -0.25) is 19.8 Å². The maximum atomic E-state index is 12.9. The van der Waals surface area contributed by atoms with Crippen LogP contribution in [0.25, 0.3) is 20.7 Å². The predicted octanol–water partition coefficient (Wildman–Crippen LogP) is 2.27. The smallest absolute Gasteiger partial charge is 0.281 e. The Morgan fingerprint density at radius 3 is 2.85 bits per heavy atom. The summed E-state index contributed by atoms with van der Waals surface area (Å²) in [7, 11) is 0. The van der Waals surface area contributed by atoms with E-state index in [1.54, 1.807) is 16.2 Å². The van der Waals surface area contributed by atoms with Crippen molar-refractivity contribution in [2.75, 3.05) is 12.0 Å². The largest absolute Gasteiger partial charge is 0.339 e. The summed E-state index contributed by atoms with van der Waals surface area (Å²) >= 11 is 2.96. The van der Waals surface area contributed by atoms with Gasteiger partial charge in [-0.2, -0.15) is 0 Å². The molecular weight excluding hydrogens is 384 g/mol. The van der Waals surface area contributed by atoms with Gasteiger partial charge in [0.15, 0.2) is 0 Å². The molecule has 1 N–H and O–H groups in total. The van der Waals surface area contributed by atoms with Gasteiger partial charge in [-0.05, 0) is 24.3 Å². The van der Waals surface area contributed by atoms with Gasteiger partial charge in [-0.25, -0.2) is 9.66 Å². The van der Waals surface area contributed by atoms with Crippen LogP contribution in [0.2, 0.25) is 0 Å². The van der Waals surface area contributed by atoms with Crippen molar-refractivity contribution in [3.63, 3.8) is 0 Å². The minimum Gasteiger partial charge on any atom is -0.339 e. The van der Waals surface area contributed by atoms with Crippen LogP contribution < -0.4 is 11.0 Å². The van der Waals surface area contributed by atoms with E-state index in [-0.39, 0.29) is 23.8 Å². The van der Waals surface area contributed by atoms with Crippen molar-refractivity contribution < 1.29 is 9.59 Å². The number of rotatable bonds is 4. The molecule has 7 nitrogen and oxygen atoms in total. The van der Waals surface area contributed by atoms with E-state index in [0.29, 0.717) is 22.8 Å². The van der Waals surface area contributed by atoms with Gasteiger partial charge >= 0.3 is 0 Å². The lowest BCUT2D eigenvalue weighted by Gasteiger charge is -2.15. The molecule has 27 heavy (non-hydrogen) atoms. The molecule has 5 rings (SSSR count). The molecule has 2 aliphatic rings. The van der Waals surface area contributed by atoms with Crippen LogP contribution in [0.15, 0.2) is 34.0 Å². The molecule has 0 aromatic carbocycles. The summed E-state index contributed by atoms with van der Waals surface area (Å²) in [5, 5.41) is 4.38.